The van der Waals surface area contributed by atoms with Gasteiger partial charge >= 0.3 is 11.9 Å². The van der Waals surface area contributed by atoms with Crippen LogP contribution in [0.25, 0.3) is 0 Å². The number of carbonyl (C=O) groups excluding carboxylic acids is 3. The van der Waals surface area contributed by atoms with Gasteiger partial charge in [-0.15, -0.1) is 0 Å². The van der Waals surface area contributed by atoms with Gasteiger partial charge in [0.25, 0.3) is 0 Å². The number of guanidine groups is 2. The Morgan fingerprint density at radius 1 is 0.718 bits per heavy atom. The number of hydrogen-bond acceptors (Lipinski definition) is 8. The van der Waals surface area contributed by atoms with Crippen LogP contribution in [0.3, 0.4) is 0 Å². The highest BCUT2D eigenvalue weighted by molar-refractivity contribution is 5.94. The summed E-state index contributed by atoms with van der Waals surface area (Å²) in [5, 5.41) is 25.8. The zero-order chi connectivity index (χ0) is 30.1. The average molecular weight is 559 g/mol. The van der Waals surface area contributed by atoms with Crippen LogP contribution in [-0.4, -0.2) is 89.0 Å². The molecule has 4 atom stereocenters. The monoisotopic (exact) mass is 558 g/mol. The van der Waals surface area contributed by atoms with Crippen LogP contribution in [0.1, 0.15) is 52.4 Å². The van der Waals surface area contributed by atoms with E-state index in [1.807, 2.05) is 0 Å². The molecule has 222 valence electrons. The number of aliphatic imine (C=N–C) groups is 2. The van der Waals surface area contributed by atoms with Crippen molar-refractivity contribution in [3.8, 4) is 0 Å². The topological polar surface area (TPSA) is 317 Å². The second kappa shape index (κ2) is 18.2. The van der Waals surface area contributed by atoms with Crippen LogP contribution in [0.2, 0.25) is 0 Å². The predicted octanol–water partition coefficient (Wildman–Crippen LogP) is -3.52. The Hall–Kier alpha value is -4.15. The van der Waals surface area contributed by atoms with Crippen LogP contribution in [0.15, 0.2) is 9.98 Å². The molecule has 0 rings (SSSR count). The fourth-order valence-electron chi connectivity index (χ4n) is 3.34. The number of amides is 3. The zero-order valence-corrected chi connectivity index (χ0v) is 22.3. The number of aliphatic carboxylic acids is 2. The first-order chi connectivity index (χ1) is 18.1. The van der Waals surface area contributed by atoms with E-state index in [9.17, 15) is 29.1 Å². The highest BCUT2D eigenvalue weighted by Gasteiger charge is 2.30. The van der Waals surface area contributed by atoms with Crippen molar-refractivity contribution in [1.29, 1.82) is 0 Å². The maximum absolute atomic E-state index is 13.1. The first kappa shape index (κ1) is 34.9. The van der Waals surface area contributed by atoms with Crippen molar-refractivity contribution >= 4 is 41.6 Å². The lowest BCUT2D eigenvalue weighted by atomic mass is 10.0. The molecule has 0 aromatic heterocycles. The van der Waals surface area contributed by atoms with E-state index in [0.29, 0.717) is 0 Å². The van der Waals surface area contributed by atoms with E-state index >= 15 is 0 Å². The maximum Gasteiger partial charge on any atom is 0.326 e. The van der Waals surface area contributed by atoms with Gasteiger partial charge in [0.15, 0.2) is 11.9 Å². The number of nitrogens with one attached hydrogen (secondary N) is 3. The van der Waals surface area contributed by atoms with Crippen LogP contribution in [0.5, 0.6) is 0 Å². The van der Waals surface area contributed by atoms with Gasteiger partial charge in [-0.1, -0.05) is 13.8 Å². The summed E-state index contributed by atoms with van der Waals surface area (Å²) in [6, 6.07) is -5.02. The van der Waals surface area contributed by atoms with Crippen molar-refractivity contribution in [2.75, 3.05) is 13.1 Å². The SMILES string of the molecule is CC(C)CC(NC(=O)C(CCCN=C(N)N)NC(=O)C(N)CC(=O)O)C(=O)NC(CCCN=C(N)N)C(=O)O. The minimum absolute atomic E-state index is 0.0329. The number of nitrogens with two attached hydrogens (primary N) is 5. The Balaban J connectivity index is 5.61. The molecule has 0 bridgehead atoms. The third-order valence-corrected chi connectivity index (χ3v) is 5.21. The second-order valence-electron chi connectivity index (χ2n) is 9.25. The highest BCUT2D eigenvalue weighted by atomic mass is 16.4. The van der Waals surface area contributed by atoms with Crippen molar-refractivity contribution in [2.24, 2.45) is 44.6 Å². The van der Waals surface area contributed by atoms with Crippen molar-refractivity contribution < 1.29 is 34.2 Å². The van der Waals surface area contributed by atoms with E-state index in [2.05, 4.69) is 25.9 Å². The summed E-state index contributed by atoms with van der Waals surface area (Å²) in [6.45, 7) is 3.91. The van der Waals surface area contributed by atoms with Crippen LogP contribution >= 0.6 is 0 Å². The summed E-state index contributed by atoms with van der Waals surface area (Å²) in [7, 11) is 0. The molecule has 4 unspecified atom stereocenters. The molecule has 0 aromatic carbocycles. The molecular weight excluding hydrogens is 516 g/mol. The normalized spacial score (nSPS) is 13.7. The van der Waals surface area contributed by atoms with E-state index in [1.165, 1.54) is 0 Å². The molecule has 0 saturated heterocycles. The van der Waals surface area contributed by atoms with Gasteiger partial charge in [-0.05, 0) is 38.0 Å². The lowest BCUT2D eigenvalue weighted by Crippen LogP contribution is -2.57. The minimum Gasteiger partial charge on any atom is -0.481 e. The molecule has 3 amide bonds. The van der Waals surface area contributed by atoms with Gasteiger partial charge < -0.3 is 54.8 Å². The van der Waals surface area contributed by atoms with Crippen molar-refractivity contribution in [3.05, 3.63) is 0 Å². The standard InChI is InChI=1S/C22H42N10O7/c1-11(2)9-15(19(37)31-14(20(38)39)6-4-8-29-22(26)27)32-18(36)13(5-3-7-28-21(24)25)30-17(35)12(23)10-16(33)34/h11-15H,3-10,23H2,1-2H3,(H,30,35)(H,31,37)(H,32,36)(H,33,34)(H,38,39)(H4,24,25,28)(H4,26,27,29). The minimum atomic E-state index is -1.42. The summed E-state index contributed by atoms with van der Waals surface area (Å²) in [5.74, 6) is -5.33. The largest absolute Gasteiger partial charge is 0.481 e. The summed E-state index contributed by atoms with van der Waals surface area (Å²) in [4.78, 5) is 68.7. The molecular formula is C22H42N10O7. The van der Waals surface area contributed by atoms with E-state index in [-0.39, 0.29) is 63.0 Å². The Kier molecular flexibility index (Phi) is 16.2. The molecule has 15 N–H and O–H groups in total. The number of nitrogens with zero attached hydrogens (tertiary/aromatic N) is 2. The molecule has 17 nitrogen and oxygen atoms in total. The Morgan fingerprint density at radius 2 is 1.15 bits per heavy atom. The predicted molar refractivity (Wildman–Crippen MR) is 143 cm³/mol. The quantitative estimate of drug-likeness (QED) is 0.0419. The third kappa shape index (κ3) is 16.3. The molecule has 0 saturated carbocycles. The molecule has 0 aromatic rings. The van der Waals surface area contributed by atoms with Crippen LogP contribution in [0.4, 0.5) is 0 Å². The van der Waals surface area contributed by atoms with Gasteiger partial charge in [0.2, 0.25) is 17.7 Å². The first-order valence-electron chi connectivity index (χ1n) is 12.4. The maximum atomic E-state index is 13.1. The van der Waals surface area contributed by atoms with Crippen LogP contribution in [-0.2, 0) is 24.0 Å². The molecule has 0 heterocycles. The number of rotatable bonds is 19. The second-order valence-corrected chi connectivity index (χ2v) is 9.25. The fourth-order valence-corrected chi connectivity index (χ4v) is 3.34. The lowest BCUT2D eigenvalue weighted by molar-refractivity contribution is -0.142. The number of hydrogen-bond donors (Lipinski definition) is 10. The smallest absolute Gasteiger partial charge is 0.326 e. The van der Waals surface area contributed by atoms with Crippen LogP contribution < -0.4 is 44.6 Å². The van der Waals surface area contributed by atoms with Gasteiger partial charge in [0.05, 0.1) is 12.5 Å². The molecule has 0 fully saturated rings. The Bertz CT molecular complexity index is 902. The summed E-state index contributed by atoms with van der Waals surface area (Å²) < 4.78 is 0. The zero-order valence-electron chi connectivity index (χ0n) is 22.3. The Morgan fingerprint density at radius 3 is 1.59 bits per heavy atom. The number of carbonyl (C=O) groups is 5. The van der Waals surface area contributed by atoms with E-state index in [1.54, 1.807) is 13.8 Å². The number of carboxylic acid groups (broad SMARTS) is 2. The molecule has 39 heavy (non-hydrogen) atoms. The van der Waals surface area contributed by atoms with Crippen LogP contribution in [0, 0.1) is 5.92 Å². The van der Waals surface area contributed by atoms with Crippen molar-refractivity contribution in [1.82, 2.24) is 16.0 Å². The first-order valence-corrected chi connectivity index (χ1v) is 12.4. The molecule has 0 spiro atoms. The van der Waals surface area contributed by atoms with Crippen molar-refractivity contribution in [3.63, 3.8) is 0 Å². The third-order valence-electron chi connectivity index (χ3n) is 5.21. The van der Waals surface area contributed by atoms with E-state index in [0.717, 1.165) is 0 Å². The Labute approximate surface area is 226 Å². The van der Waals surface area contributed by atoms with E-state index < -0.39 is 60.2 Å². The van der Waals surface area contributed by atoms with Gasteiger partial charge in [-0.3, -0.25) is 29.2 Å². The summed E-state index contributed by atoms with van der Waals surface area (Å²) in [5.41, 5.74) is 26.7. The molecule has 0 radical (unpaired) electrons. The number of carboxylic acids is 2. The van der Waals surface area contributed by atoms with Gasteiger partial charge in [0, 0.05) is 13.1 Å². The summed E-state index contributed by atoms with van der Waals surface area (Å²) in [6.07, 6.45) is 0.0917. The lowest BCUT2D eigenvalue weighted by Gasteiger charge is -2.26. The van der Waals surface area contributed by atoms with Gasteiger partial charge in [-0.2, -0.15) is 0 Å². The average Bonchev–Trinajstić information content (AvgIpc) is 2.80. The molecule has 0 aliphatic rings. The molecule has 17 heteroatoms. The van der Waals surface area contributed by atoms with Gasteiger partial charge in [0.1, 0.15) is 18.1 Å². The fraction of sp³-hybridized carbons (Fsp3) is 0.682. The molecule has 0 aliphatic carbocycles. The van der Waals surface area contributed by atoms with E-state index in [4.69, 9.17) is 33.8 Å². The van der Waals surface area contributed by atoms with Gasteiger partial charge in [-0.25, -0.2) is 4.79 Å². The highest BCUT2D eigenvalue weighted by Crippen LogP contribution is 2.09. The van der Waals surface area contributed by atoms with Crippen molar-refractivity contribution in [2.45, 2.75) is 76.5 Å². The molecule has 0 aliphatic heterocycles. The summed E-state index contributed by atoms with van der Waals surface area (Å²) >= 11 is 0.